The molecule has 1 aliphatic rings. The minimum atomic E-state index is -0.480. The van der Waals surface area contributed by atoms with Crippen LogP contribution in [-0.2, 0) is 4.74 Å². The smallest absolute Gasteiger partial charge is 0.407 e. The average molecular weight is 355 g/mol. The number of aryl methyl sites for hydroxylation is 1. The first-order valence-electron chi connectivity index (χ1n) is 9.12. The maximum absolute atomic E-state index is 12.1. The van der Waals surface area contributed by atoms with Gasteiger partial charge in [-0.3, -0.25) is 0 Å². The average Bonchev–Trinajstić information content (AvgIpc) is 3.21. The van der Waals surface area contributed by atoms with Crippen LogP contribution in [0.3, 0.4) is 0 Å². The molecule has 7 heteroatoms. The quantitative estimate of drug-likeness (QED) is 0.731. The van der Waals surface area contributed by atoms with Gasteiger partial charge in [-0.05, 0) is 53.0 Å². The van der Waals surface area contributed by atoms with Crippen LogP contribution in [0.4, 0.5) is 4.79 Å². The molecule has 1 amide bonds. The lowest BCUT2D eigenvalue weighted by Gasteiger charge is -2.22. The molecule has 0 saturated heterocycles. The van der Waals surface area contributed by atoms with E-state index in [1.165, 1.54) is 0 Å². The zero-order valence-corrected chi connectivity index (χ0v) is 15.7. The van der Waals surface area contributed by atoms with E-state index in [4.69, 9.17) is 9.72 Å². The molecule has 1 fully saturated rings. The summed E-state index contributed by atoms with van der Waals surface area (Å²) < 4.78 is 7.69. The molecule has 2 unspecified atom stereocenters. The highest BCUT2D eigenvalue weighted by atomic mass is 16.6. The first kappa shape index (κ1) is 16.9. The van der Waals surface area contributed by atoms with Crippen LogP contribution in [0.1, 0.15) is 51.9 Å². The van der Waals surface area contributed by atoms with E-state index in [2.05, 4.69) is 19.9 Å². The van der Waals surface area contributed by atoms with Crippen LogP contribution in [0.5, 0.6) is 0 Å². The van der Waals surface area contributed by atoms with E-state index in [-0.39, 0.29) is 12.1 Å². The third-order valence-electron chi connectivity index (χ3n) is 4.90. The molecule has 0 radical (unpaired) electrons. The number of aromatic amines is 1. The largest absolute Gasteiger partial charge is 0.444 e. The Hall–Kier alpha value is -2.57. The number of H-pyrrole nitrogens is 1. The molecule has 2 N–H and O–H groups in total. The van der Waals surface area contributed by atoms with Gasteiger partial charge in [0.2, 0.25) is 0 Å². The van der Waals surface area contributed by atoms with Gasteiger partial charge in [0.15, 0.2) is 0 Å². The molecule has 4 rings (SSSR count). The number of aromatic nitrogens is 4. The topological polar surface area (TPSA) is 84.8 Å². The van der Waals surface area contributed by atoms with Crippen LogP contribution in [0.25, 0.3) is 22.1 Å². The second-order valence-electron chi connectivity index (χ2n) is 8.07. The van der Waals surface area contributed by atoms with Crippen molar-refractivity contribution in [2.75, 3.05) is 0 Å². The van der Waals surface area contributed by atoms with E-state index < -0.39 is 5.60 Å². The van der Waals surface area contributed by atoms with Gasteiger partial charge in [-0.2, -0.15) is 0 Å². The van der Waals surface area contributed by atoms with Crippen molar-refractivity contribution in [3.8, 4) is 0 Å². The van der Waals surface area contributed by atoms with Crippen LogP contribution >= 0.6 is 0 Å². The van der Waals surface area contributed by atoms with Crippen molar-refractivity contribution in [2.45, 2.75) is 64.6 Å². The van der Waals surface area contributed by atoms with Crippen molar-refractivity contribution in [2.24, 2.45) is 0 Å². The van der Waals surface area contributed by atoms with Crippen LogP contribution in [0, 0.1) is 6.92 Å². The normalized spacial score (nSPS) is 20.8. The first-order valence-corrected chi connectivity index (χ1v) is 9.12. The van der Waals surface area contributed by atoms with E-state index in [1.807, 2.05) is 46.2 Å². The molecule has 1 aliphatic carbocycles. The molecule has 0 aliphatic heterocycles. The lowest BCUT2D eigenvalue weighted by Crippen LogP contribution is -2.38. The highest BCUT2D eigenvalue weighted by Gasteiger charge is 2.30. The summed E-state index contributed by atoms with van der Waals surface area (Å²) in [6.07, 6.45) is 6.20. The molecule has 0 spiro atoms. The van der Waals surface area contributed by atoms with Gasteiger partial charge in [-0.25, -0.2) is 14.8 Å². The Morgan fingerprint density at radius 1 is 1.38 bits per heavy atom. The van der Waals surface area contributed by atoms with Crippen LogP contribution in [0.15, 0.2) is 18.5 Å². The summed E-state index contributed by atoms with van der Waals surface area (Å²) in [6.45, 7) is 7.66. The molecule has 26 heavy (non-hydrogen) atoms. The Morgan fingerprint density at radius 2 is 2.19 bits per heavy atom. The number of carbonyl (C=O) groups excluding carboxylic acids is 1. The Kier molecular flexibility index (Phi) is 3.89. The van der Waals surface area contributed by atoms with Crippen molar-refractivity contribution in [1.29, 1.82) is 0 Å². The summed E-state index contributed by atoms with van der Waals surface area (Å²) in [5, 5.41) is 4.10. The zero-order chi connectivity index (χ0) is 18.5. The van der Waals surface area contributed by atoms with Gasteiger partial charge in [-0.15, -0.1) is 0 Å². The molecule has 7 nitrogen and oxygen atoms in total. The molecule has 3 aromatic heterocycles. The number of amides is 1. The van der Waals surface area contributed by atoms with E-state index in [9.17, 15) is 4.79 Å². The summed E-state index contributed by atoms with van der Waals surface area (Å²) in [5.41, 5.74) is 2.43. The Labute approximate surface area is 152 Å². The van der Waals surface area contributed by atoms with Gasteiger partial charge in [0.05, 0.1) is 11.7 Å². The summed E-state index contributed by atoms with van der Waals surface area (Å²) in [6, 6.07) is 2.48. The Bertz CT molecular complexity index is 966. The first-order chi connectivity index (χ1) is 12.3. The van der Waals surface area contributed by atoms with Gasteiger partial charge in [-0.1, -0.05) is 0 Å². The van der Waals surface area contributed by atoms with Gasteiger partial charge in [0, 0.05) is 23.7 Å². The number of nitrogens with zero attached hydrogens (tertiary/aromatic N) is 3. The SMILES string of the molecule is Cc1nc2cnc3[nH]ccc3c2n1C1CCC(NC(=O)OC(C)(C)C)C1. The zero-order valence-electron chi connectivity index (χ0n) is 15.7. The fourth-order valence-corrected chi connectivity index (χ4v) is 3.95. The molecule has 1 saturated carbocycles. The summed E-state index contributed by atoms with van der Waals surface area (Å²) in [7, 11) is 0. The van der Waals surface area contributed by atoms with Gasteiger partial charge >= 0.3 is 6.09 Å². The van der Waals surface area contributed by atoms with Crippen LogP contribution < -0.4 is 5.32 Å². The number of imidazole rings is 1. The number of carbonyl (C=O) groups is 1. The number of fused-ring (bicyclic) bond motifs is 3. The molecule has 0 aromatic carbocycles. The van der Waals surface area contributed by atoms with Crippen molar-refractivity contribution in [3.05, 3.63) is 24.3 Å². The summed E-state index contributed by atoms with van der Waals surface area (Å²) in [5.74, 6) is 0.985. The van der Waals surface area contributed by atoms with Gasteiger partial charge in [0.1, 0.15) is 22.6 Å². The van der Waals surface area contributed by atoms with Gasteiger partial charge in [0.25, 0.3) is 0 Å². The van der Waals surface area contributed by atoms with Crippen molar-refractivity contribution < 1.29 is 9.53 Å². The number of rotatable bonds is 2. The monoisotopic (exact) mass is 355 g/mol. The number of hydrogen-bond donors (Lipinski definition) is 2. The summed E-state index contributed by atoms with van der Waals surface area (Å²) >= 11 is 0. The van der Waals surface area contributed by atoms with E-state index in [1.54, 1.807) is 0 Å². The molecule has 2 atom stereocenters. The predicted octanol–water partition coefficient (Wildman–Crippen LogP) is 3.84. The summed E-state index contributed by atoms with van der Waals surface area (Å²) in [4.78, 5) is 24.4. The molecule has 3 heterocycles. The van der Waals surface area contributed by atoms with Gasteiger partial charge < -0.3 is 19.6 Å². The standard InChI is InChI=1S/C19H25N5O2/c1-11-22-15-10-21-17-14(7-8-20-17)16(15)24(11)13-6-5-12(9-13)23-18(25)26-19(2,3)4/h7-8,10,12-13H,5-6,9H2,1-4H3,(H,20,21)(H,23,25). The second-order valence-corrected chi connectivity index (χ2v) is 8.07. The van der Waals surface area contributed by atoms with Crippen molar-refractivity contribution >= 4 is 28.2 Å². The lowest BCUT2D eigenvalue weighted by atomic mass is 10.2. The second kappa shape index (κ2) is 6.00. The Balaban J connectivity index is 1.58. The number of alkyl carbamates (subject to hydrolysis) is 1. The fourth-order valence-electron chi connectivity index (χ4n) is 3.95. The Morgan fingerprint density at radius 3 is 2.96 bits per heavy atom. The maximum Gasteiger partial charge on any atom is 0.407 e. The number of pyridine rings is 1. The third-order valence-corrected chi connectivity index (χ3v) is 4.90. The van der Waals surface area contributed by atoms with E-state index in [0.717, 1.165) is 47.2 Å². The molecule has 0 bridgehead atoms. The third kappa shape index (κ3) is 3.02. The van der Waals surface area contributed by atoms with Crippen LogP contribution in [-0.4, -0.2) is 37.3 Å². The lowest BCUT2D eigenvalue weighted by molar-refractivity contribution is 0.0505. The molecular formula is C19H25N5O2. The molecule has 138 valence electrons. The van der Waals surface area contributed by atoms with E-state index in [0.29, 0.717) is 6.04 Å². The van der Waals surface area contributed by atoms with Crippen LogP contribution in [0.2, 0.25) is 0 Å². The highest BCUT2D eigenvalue weighted by Crippen LogP contribution is 2.36. The van der Waals surface area contributed by atoms with Crippen molar-refractivity contribution in [3.63, 3.8) is 0 Å². The predicted molar refractivity (Wildman–Crippen MR) is 100 cm³/mol. The molecule has 3 aromatic rings. The van der Waals surface area contributed by atoms with Crippen molar-refractivity contribution in [1.82, 2.24) is 24.8 Å². The maximum atomic E-state index is 12.1. The highest BCUT2D eigenvalue weighted by molar-refractivity contribution is 6.01. The van der Waals surface area contributed by atoms with E-state index >= 15 is 0 Å². The number of ether oxygens (including phenoxy) is 1. The number of nitrogens with one attached hydrogen (secondary N) is 2. The number of hydrogen-bond acceptors (Lipinski definition) is 4. The molecular weight excluding hydrogens is 330 g/mol. The fraction of sp³-hybridized carbons (Fsp3) is 0.526. The minimum Gasteiger partial charge on any atom is -0.444 e. The minimum absolute atomic E-state index is 0.121.